The van der Waals surface area contributed by atoms with Crippen LogP contribution in [0, 0.1) is 0 Å². The van der Waals surface area contributed by atoms with Crippen LogP contribution in [0.1, 0.15) is 12.6 Å². The van der Waals surface area contributed by atoms with Crippen LogP contribution in [0.3, 0.4) is 0 Å². The lowest BCUT2D eigenvalue weighted by atomic mass is 10.5. The van der Waals surface area contributed by atoms with Crippen LogP contribution in [0.2, 0.25) is 0 Å². The van der Waals surface area contributed by atoms with E-state index >= 15 is 0 Å². The Morgan fingerprint density at radius 2 is 2.50 bits per heavy atom. The molecule has 12 heavy (non-hydrogen) atoms. The minimum absolute atomic E-state index is 0.529. The Kier molecular flexibility index (Phi) is 3.69. The molecule has 0 radical (unpaired) electrons. The van der Waals surface area contributed by atoms with Gasteiger partial charge in [-0.15, -0.1) is 5.10 Å². The highest BCUT2D eigenvalue weighted by molar-refractivity contribution is 4.89. The SMILES string of the molecule is CCOCc1cn(CCN)nn1. The van der Waals surface area contributed by atoms with Gasteiger partial charge in [0.25, 0.3) is 0 Å². The van der Waals surface area contributed by atoms with E-state index in [1.807, 2.05) is 13.1 Å². The van der Waals surface area contributed by atoms with Crippen molar-refractivity contribution in [2.24, 2.45) is 5.73 Å². The fourth-order valence-corrected chi connectivity index (χ4v) is 0.853. The Bertz CT molecular complexity index is 223. The zero-order chi connectivity index (χ0) is 8.81. The van der Waals surface area contributed by atoms with Crippen molar-refractivity contribution in [3.05, 3.63) is 11.9 Å². The molecule has 0 aliphatic carbocycles. The van der Waals surface area contributed by atoms with Crippen molar-refractivity contribution >= 4 is 0 Å². The first-order valence-corrected chi connectivity index (χ1v) is 4.03. The molecule has 2 N–H and O–H groups in total. The number of hydrogen-bond acceptors (Lipinski definition) is 4. The van der Waals surface area contributed by atoms with Crippen LogP contribution in [-0.4, -0.2) is 28.1 Å². The summed E-state index contributed by atoms with van der Waals surface area (Å²) in [4.78, 5) is 0. The number of hydrogen-bond donors (Lipinski definition) is 1. The van der Waals surface area contributed by atoms with Gasteiger partial charge in [0.2, 0.25) is 0 Å². The molecule has 5 heteroatoms. The van der Waals surface area contributed by atoms with Gasteiger partial charge in [-0.3, -0.25) is 4.68 Å². The van der Waals surface area contributed by atoms with Crippen LogP contribution in [0.5, 0.6) is 0 Å². The van der Waals surface area contributed by atoms with Gasteiger partial charge in [0.15, 0.2) is 0 Å². The van der Waals surface area contributed by atoms with E-state index in [0.29, 0.717) is 26.3 Å². The average Bonchev–Trinajstić information content (AvgIpc) is 2.50. The Hall–Kier alpha value is -0.940. The molecule has 5 nitrogen and oxygen atoms in total. The summed E-state index contributed by atoms with van der Waals surface area (Å²) in [5, 5.41) is 7.77. The minimum Gasteiger partial charge on any atom is -0.375 e. The van der Waals surface area contributed by atoms with Crippen molar-refractivity contribution in [2.45, 2.75) is 20.1 Å². The number of aromatic nitrogens is 3. The zero-order valence-electron chi connectivity index (χ0n) is 7.23. The number of ether oxygens (including phenoxy) is 1. The van der Waals surface area contributed by atoms with Crippen LogP contribution < -0.4 is 5.73 Å². The molecule has 0 atom stereocenters. The van der Waals surface area contributed by atoms with Gasteiger partial charge in [0.05, 0.1) is 19.3 Å². The quantitative estimate of drug-likeness (QED) is 0.663. The lowest BCUT2D eigenvalue weighted by Gasteiger charge is -1.94. The standard InChI is InChI=1S/C7H14N4O/c1-2-12-6-7-5-11(4-3-8)10-9-7/h5H,2-4,6,8H2,1H3. The van der Waals surface area contributed by atoms with E-state index in [4.69, 9.17) is 10.5 Å². The van der Waals surface area contributed by atoms with Crippen molar-refractivity contribution < 1.29 is 4.74 Å². The lowest BCUT2D eigenvalue weighted by Crippen LogP contribution is -2.10. The molecule has 1 rings (SSSR count). The van der Waals surface area contributed by atoms with Crippen molar-refractivity contribution in [1.29, 1.82) is 0 Å². The molecule has 68 valence electrons. The van der Waals surface area contributed by atoms with Gasteiger partial charge in [-0.1, -0.05) is 5.21 Å². The van der Waals surface area contributed by atoms with E-state index in [2.05, 4.69) is 10.3 Å². The van der Waals surface area contributed by atoms with Gasteiger partial charge in [0.1, 0.15) is 5.69 Å². The Morgan fingerprint density at radius 1 is 1.67 bits per heavy atom. The summed E-state index contributed by atoms with van der Waals surface area (Å²) in [7, 11) is 0. The summed E-state index contributed by atoms with van der Waals surface area (Å²) in [6, 6.07) is 0. The Morgan fingerprint density at radius 3 is 3.17 bits per heavy atom. The summed E-state index contributed by atoms with van der Waals surface area (Å²) in [5.41, 5.74) is 6.20. The molecule has 1 heterocycles. The minimum atomic E-state index is 0.529. The van der Waals surface area contributed by atoms with Crippen LogP contribution in [0.4, 0.5) is 0 Å². The summed E-state index contributed by atoms with van der Waals surface area (Å²) in [6.45, 7) is 4.46. The molecule has 0 saturated carbocycles. The molecule has 0 amide bonds. The maximum atomic E-state index is 5.35. The third kappa shape index (κ3) is 2.60. The second-order valence-electron chi connectivity index (χ2n) is 2.40. The van der Waals surface area contributed by atoms with Crippen molar-refractivity contribution in [2.75, 3.05) is 13.2 Å². The highest BCUT2D eigenvalue weighted by Crippen LogP contribution is 1.94. The third-order valence-electron chi connectivity index (χ3n) is 1.40. The van der Waals surface area contributed by atoms with E-state index in [1.54, 1.807) is 4.68 Å². The van der Waals surface area contributed by atoms with E-state index in [1.165, 1.54) is 0 Å². The normalized spacial score (nSPS) is 10.5. The molecule has 0 spiro atoms. The highest BCUT2D eigenvalue weighted by atomic mass is 16.5. The fraction of sp³-hybridized carbons (Fsp3) is 0.714. The smallest absolute Gasteiger partial charge is 0.108 e. The molecule has 0 aliphatic rings. The summed E-state index contributed by atoms with van der Waals surface area (Å²) >= 11 is 0. The van der Waals surface area contributed by atoms with E-state index in [-0.39, 0.29) is 0 Å². The van der Waals surface area contributed by atoms with E-state index in [0.717, 1.165) is 5.69 Å². The van der Waals surface area contributed by atoms with E-state index in [9.17, 15) is 0 Å². The van der Waals surface area contributed by atoms with Gasteiger partial charge >= 0.3 is 0 Å². The first kappa shape index (κ1) is 9.15. The molecule has 0 unspecified atom stereocenters. The van der Waals surface area contributed by atoms with Gasteiger partial charge in [-0.05, 0) is 6.92 Å². The van der Waals surface area contributed by atoms with Crippen molar-refractivity contribution in [3.8, 4) is 0 Å². The Labute approximate surface area is 71.5 Å². The predicted octanol–water partition coefficient (Wildman–Crippen LogP) is -0.227. The first-order chi connectivity index (χ1) is 5.86. The van der Waals surface area contributed by atoms with Crippen molar-refractivity contribution in [3.63, 3.8) is 0 Å². The van der Waals surface area contributed by atoms with Crippen LogP contribution >= 0.6 is 0 Å². The number of rotatable bonds is 5. The second-order valence-corrected chi connectivity index (χ2v) is 2.40. The fourth-order valence-electron chi connectivity index (χ4n) is 0.853. The average molecular weight is 170 g/mol. The Balaban J connectivity index is 2.41. The summed E-state index contributed by atoms with van der Waals surface area (Å²) in [5.74, 6) is 0. The number of nitrogens with zero attached hydrogens (tertiary/aromatic N) is 3. The lowest BCUT2D eigenvalue weighted by molar-refractivity contribution is 0.131. The topological polar surface area (TPSA) is 66.0 Å². The van der Waals surface area contributed by atoms with Gasteiger partial charge in [0, 0.05) is 13.2 Å². The third-order valence-corrected chi connectivity index (χ3v) is 1.40. The predicted molar refractivity (Wildman–Crippen MR) is 44.4 cm³/mol. The van der Waals surface area contributed by atoms with Crippen LogP contribution in [0.15, 0.2) is 6.20 Å². The van der Waals surface area contributed by atoms with Crippen LogP contribution in [0.25, 0.3) is 0 Å². The molecule has 0 aliphatic heterocycles. The maximum Gasteiger partial charge on any atom is 0.108 e. The molecule has 0 fully saturated rings. The molecule has 1 aromatic heterocycles. The largest absolute Gasteiger partial charge is 0.375 e. The summed E-state index contributed by atoms with van der Waals surface area (Å²) in [6.07, 6.45) is 1.85. The molecule has 1 aromatic rings. The number of nitrogens with two attached hydrogens (primary N) is 1. The van der Waals surface area contributed by atoms with Crippen molar-refractivity contribution in [1.82, 2.24) is 15.0 Å². The second kappa shape index (κ2) is 4.84. The molecule has 0 saturated heterocycles. The maximum absolute atomic E-state index is 5.35. The highest BCUT2D eigenvalue weighted by Gasteiger charge is 1.98. The van der Waals surface area contributed by atoms with Gasteiger partial charge in [-0.25, -0.2) is 0 Å². The molecular formula is C7H14N4O. The first-order valence-electron chi connectivity index (χ1n) is 4.03. The van der Waals surface area contributed by atoms with Gasteiger partial charge in [-0.2, -0.15) is 0 Å². The van der Waals surface area contributed by atoms with E-state index < -0.39 is 0 Å². The molecular weight excluding hydrogens is 156 g/mol. The van der Waals surface area contributed by atoms with Crippen LogP contribution in [-0.2, 0) is 17.9 Å². The van der Waals surface area contributed by atoms with Gasteiger partial charge < -0.3 is 10.5 Å². The zero-order valence-corrected chi connectivity index (χ0v) is 7.23. The molecule has 0 bridgehead atoms. The molecule has 0 aromatic carbocycles. The monoisotopic (exact) mass is 170 g/mol. The summed E-state index contributed by atoms with van der Waals surface area (Å²) < 4.78 is 6.88.